The average Bonchev–Trinajstić information content (AvgIpc) is 2.74. The molecule has 16 heavy (non-hydrogen) atoms. The molecule has 4 N–H and O–H groups in total. The molecule has 2 fully saturated rings. The summed E-state index contributed by atoms with van der Waals surface area (Å²) in [6, 6.07) is -1.06. The van der Waals surface area contributed by atoms with Gasteiger partial charge in [0.15, 0.2) is 0 Å². The van der Waals surface area contributed by atoms with Crippen molar-refractivity contribution >= 4 is 11.9 Å². The third-order valence-corrected chi connectivity index (χ3v) is 3.59. The number of carbonyl (C=O) groups excluding carboxylic acids is 2. The Morgan fingerprint density at radius 1 is 1.38 bits per heavy atom. The molecule has 1 unspecified atom stereocenters. The fourth-order valence-electron chi connectivity index (χ4n) is 2.60. The Kier molecular flexibility index (Phi) is 3.11. The highest BCUT2D eigenvalue weighted by Crippen LogP contribution is 2.27. The maximum absolute atomic E-state index is 11.6. The first-order valence-corrected chi connectivity index (χ1v) is 5.63. The van der Waals surface area contributed by atoms with E-state index in [4.69, 9.17) is 5.73 Å². The van der Waals surface area contributed by atoms with Crippen LogP contribution in [0.4, 0.5) is 4.79 Å². The number of nitrogens with two attached hydrogens (primary N) is 1. The predicted molar refractivity (Wildman–Crippen MR) is 58.6 cm³/mol. The van der Waals surface area contributed by atoms with Gasteiger partial charge in [-0.2, -0.15) is 0 Å². The second-order valence-electron chi connectivity index (χ2n) is 4.66. The van der Waals surface area contributed by atoms with Gasteiger partial charge >= 0.3 is 6.03 Å². The van der Waals surface area contributed by atoms with Gasteiger partial charge in [-0.3, -0.25) is 15.0 Å². The molecule has 6 heteroatoms. The lowest BCUT2D eigenvalue weighted by Gasteiger charge is -2.23. The van der Waals surface area contributed by atoms with Crippen molar-refractivity contribution in [1.82, 2.24) is 15.5 Å². The zero-order valence-electron chi connectivity index (χ0n) is 9.40. The highest BCUT2D eigenvalue weighted by atomic mass is 16.2. The van der Waals surface area contributed by atoms with Crippen LogP contribution in [0.5, 0.6) is 0 Å². The van der Waals surface area contributed by atoms with E-state index in [0.717, 1.165) is 26.2 Å². The molecule has 0 aromatic heterocycles. The third kappa shape index (κ3) is 2.17. The van der Waals surface area contributed by atoms with Crippen LogP contribution in [0.15, 0.2) is 0 Å². The van der Waals surface area contributed by atoms with Gasteiger partial charge in [0.2, 0.25) is 5.91 Å². The van der Waals surface area contributed by atoms with E-state index in [-0.39, 0.29) is 11.9 Å². The number of amides is 3. The summed E-state index contributed by atoms with van der Waals surface area (Å²) < 4.78 is 0. The maximum Gasteiger partial charge on any atom is 0.318 e. The van der Waals surface area contributed by atoms with Gasteiger partial charge in [-0.15, -0.1) is 0 Å². The number of imide groups is 1. The Bertz CT molecular complexity index is 295. The van der Waals surface area contributed by atoms with Gasteiger partial charge in [-0.05, 0) is 31.8 Å². The highest BCUT2D eigenvalue weighted by molar-refractivity contribution is 5.96. The first kappa shape index (κ1) is 11.3. The van der Waals surface area contributed by atoms with Crippen LogP contribution in [-0.2, 0) is 4.79 Å². The van der Waals surface area contributed by atoms with Crippen LogP contribution >= 0.6 is 0 Å². The molecule has 2 rings (SSSR count). The van der Waals surface area contributed by atoms with Gasteiger partial charge in [0.1, 0.15) is 0 Å². The number of hydrogen-bond acceptors (Lipinski definition) is 4. The second kappa shape index (κ2) is 4.39. The lowest BCUT2D eigenvalue weighted by Crippen LogP contribution is -2.48. The van der Waals surface area contributed by atoms with Gasteiger partial charge in [0, 0.05) is 13.1 Å². The number of nitrogens with one attached hydrogen (secondary N) is 2. The van der Waals surface area contributed by atoms with E-state index in [1.807, 2.05) is 6.92 Å². The summed E-state index contributed by atoms with van der Waals surface area (Å²) in [4.78, 5) is 24.3. The van der Waals surface area contributed by atoms with Crippen LogP contribution in [0.25, 0.3) is 0 Å². The van der Waals surface area contributed by atoms with Crippen LogP contribution in [0.1, 0.15) is 6.92 Å². The van der Waals surface area contributed by atoms with E-state index < -0.39 is 6.03 Å². The summed E-state index contributed by atoms with van der Waals surface area (Å²) in [5.74, 6) is 0.980. The summed E-state index contributed by atoms with van der Waals surface area (Å²) in [6.07, 6.45) is 0. The van der Waals surface area contributed by atoms with Crippen molar-refractivity contribution in [2.24, 2.45) is 17.6 Å². The number of carbonyl (C=O) groups is 2. The van der Waals surface area contributed by atoms with Crippen molar-refractivity contribution in [1.29, 1.82) is 0 Å². The molecule has 0 saturated carbocycles. The molecule has 2 heterocycles. The standard InChI is InChI=1S/C10H18N4O2/c1-6(9(15)13-10(11)16)14-4-7-2-12-3-8(7)5-14/h6-8,12H,2-5H2,1H3,(H3,11,13,15,16)/t6?,7-,8+. The number of nitrogens with zero attached hydrogens (tertiary/aromatic N) is 1. The van der Waals surface area contributed by atoms with Crippen molar-refractivity contribution in [3.63, 3.8) is 0 Å². The molecule has 90 valence electrons. The van der Waals surface area contributed by atoms with E-state index in [9.17, 15) is 9.59 Å². The minimum Gasteiger partial charge on any atom is -0.351 e. The molecule has 0 radical (unpaired) electrons. The molecule has 2 aliphatic rings. The van der Waals surface area contributed by atoms with Crippen molar-refractivity contribution in [3.05, 3.63) is 0 Å². The molecule has 0 aromatic rings. The largest absolute Gasteiger partial charge is 0.351 e. The van der Waals surface area contributed by atoms with Crippen LogP contribution in [0.2, 0.25) is 0 Å². The van der Waals surface area contributed by atoms with Crippen molar-refractivity contribution < 1.29 is 9.59 Å². The zero-order chi connectivity index (χ0) is 11.7. The monoisotopic (exact) mass is 226 g/mol. The number of hydrogen-bond donors (Lipinski definition) is 3. The molecule has 2 aliphatic heterocycles. The van der Waals surface area contributed by atoms with E-state index in [0.29, 0.717) is 11.8 Å². The van der Waals surface area contributed by atoms with Crippen molar-refractivity contribution in [2.45, 2.75) is 13.0 Å². The fraction of sp³-hybridized carbons (Fsp3) is 0.800. The Morgan fingerprint density at radius 2 is 1.94 bits per heavy atom. The van der Waals surface area contributed by atoms with Gasteiger partial charge in [-0.1, -0.05) is 0 Å². The molecule has 0 aromatic carbocycles. The SMILES string of the molecule is CC(C(=O)NC(N)=O)N1C[C@H]2CNC[C@H]2C1. The Hall–Kier alpha value is -1.14. The molecule has 3 amide bonds. The maximum atomic E-state index is 11.6. The number of rotatable bonds is 2. The van der Waals surface area contributed by atoms with Crippen molar-refractivity contribution in [3.8, 4) is 0 Å². The summed E-state index contributed by atoms with van der Waals surface area (Å²) in [7, 11) is 0. The summed E-state index contributed by atoms with van der Waals surface area (Å²) in [5, 5.41) is 5.47. The van der Waals surface area contributed by atoms with Crippen LogP contribution in [0.3, 0.4) is 0 Å². The number of primary amides is 1. The molecule has 2 saturated heterocycles. The van der Waals surface area contributed by atoms with E-state index >= 15 is 0 Å². The quantitative estimate of drug-likeness (QED) is 0.547. The van der Waals surface area contributed by atoms with Gasteiger partial charge in [0.05, 0.1) is 6.04 Å². The van der Waals surface area contributed by atoms with E-state index in [1.54, 1.807) is 0 Å². The summed E-state index contributed by atoms with van der Waals surface area (Å²) >= 11 is 0. The molecule has 0 spiro atoms. The van der Waals surface area contributed by atoms with Gasteiger partial charge < -0.3 is 11.1 Å². The highest BCUT2D eigenvalue weighted by Gasteiger charge is 2.39. The zero-order valence-corrected chi connectivity index (χ0v) is 9.40. The molecular formula is C10H18N4O2. The fourth-order valence-corrected chi connectivity index (χ4v) is 2.60. The topological polar surface area (TPSA) is 87.5 Å². The summed E-state index contributed by atoms with van der Waals surface area (Å²) in [5.41, 5.74) is 4.92. The minimum absolute atomic E-state index is 0.280. The first-order valence-electron chi connectivity index (χ1n) is 5.63. The molecule has 6 nitrogen and oxygen atoms in total. The number of fused-ring (bicyclic) bond motifs is 1. The van der Waals surface area contributed by atoms with E-state index in [2.05, 4.69) is 15.5 Å². The smallest absolute Gasteiger partial charge is 0.318 e. The Labute approximate surface area is 94.5 Å². The number of likely N-dealkylation sites (tertiary alicyclic amines) is 1. The van der Waals surface area contributed by atoms with E-state index in [1.165, 1.54) is 0 Å². The van der Waals surface area contributed by atoms with Crippen LogP contribution in [0, 0.1) is 11.8 Å². The molecule has 0 bridgehead atoms. The lowest BCUT2D eigenvalue weighted by atomic mass is 10.0. The minimum atomic E-state index is -0.780. The molecule has 3 atom stereocenters. The lowest BCUT2D eigenvalue weighted by molar-refractivity contribution is -0.124. The number of urea groups is 1. The van der Waals surface area contributed by atoms with Crippen molar-refractivity contribution in [2.75, 3.05) is 26.2 Å². The second-order valence-corrected chi connectivity index (χ2v) is 4.66. The molecular weight excluding hydrogens is 208 g/mol. The summed E-state index contributed by atoms with van der Waals surface area (Å²) in [6.45, 7) is 5.72. The first-order chi connectivity index (χ1) is 7.58. The average molecular weight is 226 g/mol. The van der Waals surface area contributed by atoms with Gasteiger partial charge in [-0.25, -0.2) is 4.79 Å². The Morgan fingerprint density at radius 3 is 2.44 bits per heavy atom. The van der Waals surface area contributed by atoms with Crippen LogP contribution < -0.4 is 16.4 Å². The third-order valence-electron chi connectivity index (χ3n) is 3.59. The Balaban J connectivity index is 1.89. The molecule has 0 aliphatic carbocycles. The van der Waals surface area contributed by atoms with Gasteiger partial charge in [0.25, 0.3) is 0 Å². The predicted octanol–water partition coefficient (Wildman–Crippen LogP) is -1.28. The van der Waals surface area contributed by atoms with Crippen LogP contribution in [-0.4, -0.2) is 49.1 Å². The normalized spacial score (nSPS) is 31.1.